The molecule has 5 nitrogen and oxygen atoms in total. The van der Waals surface area contributed by atoms with E-state index in [9.17, 15) is 9.59 Å². The van der Waals surface area contributed by atoms with Crippen LogP contribution in [0.1, 0.15) is 29.0 Å². The number of halogens is 1. The van der Waals surface area contributed by atoms with Crippen molar-refractivity contribution in [1.29, 1.82) is 0 Å². The van der Waals surface area contributed by atoms with Crippen LogP contribution < -0.4 is 5.32 Å². The Bertz CT molecular complexity index is 707. The highest BCUT2D eigenvalue weighted by atomic mass is 79.9. The maximum Gasteiger partial charge on any atom is 0.253 e. The van der Waals surface area contributed by atoms with Gasteiger partial charge in [0.1, 0.15) is 5.76 Å². The van der Waals surface area contributed by atoms with Crippen molar-refractivity contribution in [3.63, 3.8) is 0 Å². The molecule has 0 spiro atoms. The van der Waals surface area contributed by atoms with Crippen molar-refractivity contribution in [3.05, 3.63) is 58.5 Å². The third kappa shape index (κ3) is 4.06. The van der Waals surface area contributed by atoms with Gasteiger partial charge >= 0.3 is 0 Å². The molecule has 1 aliphatic rings. The highest BCUT2D eigenvalue weighted by Gasteiger charge is 2.27. The summed E-state index contributed by atoms with van der Waals surface area (Å²) in [6.45, 7) is 1.61. The molecule has 2 heterocycles. The van der Waals surface area contributed by atoms with Gasteiger partial charge in [0, 0.05) is 29.0 Å². The zero-order chi connectivity index (χ0) is 16.9. The molecule has 1 fully saturated rings. The largest absolute Gasteiger partial charge is 0.467 e. The summed E-state index contributed by atoms with van der Waals surface area (Å²) in [5.74, 6) is 0.740. The van der Waals surface area contributed by atoms with Crippen LogP contribution in [-0.4, -0.2) is 29.8 Å². The molecule has 0 atom stereocenters. The minimum absolute atomic E-state index is 0.0192. The van der Waals surface area contributed by atoms with Gasteiger partial charge in [0.25, 0.3) is 5.91 Å². The SMILES string of the molecule is O=C(NCc1ccco1)C1CCN(C(=O)c2cccc(Br)c2)CC1. The standard InChI is InChI=1S/C18H19BrN2O3/c19-15-4-1-3-14(11-15)18(23)21-8-6-13(7-9-21)17(22)20-12-16-5-2-10-24-16/h1-5,10-11,13H,6-9,12H2,(H,20,22). The normalized spacial score (nSPS) is 15.3. The van der Waals surface area contributed by atoms with Gasteiger partial charge in [-0.25, -0.2) is 0 Å². The van der Waals surface area contributed by atoms with Crippen molar-refractivity contribution in [2.45, 2.75) is 19.4 Å². The summed E-state index contributed by atoms with van der Waals surface area (Å²) in [6, 6.07) is 11.0. The van der Waals surface area contributed by atoms with Crippen molar-refractivity contribution in [2.75, 3.05) is 13.1 Å². The summed E-state index contributed by atoms with van der Waals surface area (Å²) < 4.78 is 6.10. The third-order valence-corrected chi connectivity index (χ3v) is 4.73. The number of hydrogen-bond donors (Lipinski definition) is 1. The van der Waals surface area contributed by atoms with Crippen LogP contribution in [0.2, 0.25) is 0 Å². The van der Waals surface area contributed by atoms with Crippen molar-refractivity contribution in [2.24, 2.45) is 5.92 Å². The Balaban J connectivity index is 1.50. The van der Waals surface area contributed by atoms with Gasteiger partial charge in [0.15, 0.2) is 0 Å². The maximum absolute atomic E-state index is 12.5. The number of amides is 2. The summed E-state index contributed by atoms with van der Waals surface area (Å²) >= 11 is 3.39. The molecule has 1 N–H and O–H groups in total. The van der Waals surface area contributed by atoms with Crippen LogP contribution >= 0.6 is 15.9 Å². The summed E-state index contributed by atoms with van der Waals surface area (Å²) in [4.78, 5) is 26.5. The predicted molar refractivity (Wildman–Crippen MR) is 93.3 cm³/mol. The number of hydrogen-bond acceptors (Lipinski definition) is 3. The van der Waals surface area contributed by atoms with Gasteiger partial charge in [-0.1, -0.05) is 22.0 Å². The van der Waals surface area contributed by atoms with E-state index >= 15 is 0 Å². The second-order valence-electron chi connectivity index (χ2n) is 5.87. The minimum Gasteiger partial charge on any atom is -0.467 e. The molecule has 1 aromatic carbocycles. The fraction of sp³-hybridized carbons (Fsp3) is 0.333. The summed E-state index contributed by atoms with van der Waals surface area (Å²) in [6.07, 6.45) is 2.96. The van der Waals surface area contributed by atoms with Gasteiger partial charge in [-0.3, -0.25) is 9.59 Å². The van der Waals surface area contributed by atoms with Crippen LogP contribution in [0.4, 0.5) is 0 Å². The van der Waals surface area contributed by atoms with E-state index < -0.39 is 0 Å². The van der Waals surface area contributed by atoms with Gasteiger partial charge in [0.2, 0.25) is 5.91 Å². The maximum atomic E-state index is 12.5. The highest BCUT2D eigenvalue weighted by molar-refractivity contribution is 9.10. The summed E-state index contributed by atoms with van der Waals surface area (Å²) in [5.41, 5.74) is 0.671. The second kappa shape index (κ2) is 7.66. The van der Waals surface area contributed by atoms with Gasteiger partial charge in [-0.15, -0.1) is 0 Å². The van der Waals surface area contributed by atoms with Crippen molar-refractivity contribution in [3.8, 4) is 0 Å². The molecule has 6 heteroatoms. The van der Waals surface area contributed by atoms with Gasteiger partial charge in [0.05, 0.1) is 12.8 Å². The number of rotatable bonds is 4. The Morgan fingerprint density at radius 2 is 2.00 bits per heavy atom. The van der Waals surface area contributed by atoms with Crippen LogP contribution in [0.3, 0.4) is 0 Å². The molecule has 0 saturated carbocycles. The number of furan rings is 1. The Morgan fingerprint density at radius 3 is 2.67 bits per heavy atom. The van der Waals surface area contributed by atoms with E-state index in [2.05, 4.69) is 21.2 Å². The molecular formula is C18H19BrN2O3. The van der Waals surface area contributed by atoms with E-state index in [-0.39, 0.29) is 17.7 Å². The fourth-order valence-electron chi connectivity index (χ4n) is 2.88. The molecule has 1 aromatic heterocycles. The topological polar surface area (TPSA) is 62.6 Å². The van der Waals surface area contributed by atoms with Crippen molar-refractivity contribution >= 4 is 27.7 Å². The second-order valence-corrected chi connectivity index (χ2v) is 6.79. The van der Waals surface area contributed by atoms with E-state index in [1.807, 2.05) is 35.2 Å². The zero-order valence-electron chi connectivity index (χ0n) is 13.2. The molecule has 2 amide bonds. The third-order valence-electron chi connectivity index (χ3n) is 4.24. The lowest BCUT2D eigenvalue weighted by molar-refractivity contribution is -0.126. The summed E-state index contributed by atoms with van der Waals surface area (Å²) in [5, 5.41) is 2.90. The Morgan fingerprint density at radius 1 is 1.21 bits per heavy atom. The fourth-order valence-corrected chi connectivity index (χ4v) is 3.28. The first-order chi connectivity index (χ1) is 11.6. The lowest BCUT2D eigenvalue weighted by Crippen LogP contribution is -2.42. The van der Waals surface area contributed by atoms with Crippen LogP contribution in [0.5, 0.6) is 0 Å². The number of likely N-dealkylation sites (tertiary alicyclic amines) is 1. The molecule has 126 valence electrons. The molecule has 2 aromatic rings. The van der Waals surface area contributed by atoms with E-state index in [4.69, 9.17) is 4.42 Å². The van der Waals surface area contributed by atoms with E-state index in [1.54, 1.807) is 12.3 Å². The van der Waals surface area contributed by atoms with Crippen molar-refractivity contribution < 1.29 is 14.0 Å². The molecule has 3 rings (SSSR count). The highest BCUT2D eigenvalue weighted by Crippen LogP contribution is 2.20. The van der Waals surface area contributed by atoms with E-state index in [0.717, 1.165) is 10.2 Å². The molecule has 0 unspecified atom stereocenters. The smallest absolute Gasteiger partial charge is 0.253 e. The van der Waals surface area contributed by atoms with Gasteiger partial charge < -0.3 is 14.6 Å². The van der Waals surface area contributed by atoms with Crippen molar-refractivity contribution in [1.82, 2.24) is 10.2 Å². The van der Waals surface area contributed by atoms with Crippen LogP contribution in [0.25, 0.3) is 0 Å². The van der Waals surface area contributed by atoms with E-state index in [1.165, 1.54) is 0 Å². The lowest BCUT2D eigenvalue weighted by Gasteiger charge is -2.31. The molecule has 1 saturated heterocycles. The first kappa shape index (κ1) is 16.8. The van der Waals surface area contributed by atoms with E-state index in [0.29, 0.717) is 38.0 Å². The Kier molecular flexibility index (Phi) is 5.35. The summed E-state index contributed by atoms with van der Waals surface area (Å²) in [7, 11) is 0. The molecule has 0 radical (unpaired) electrons. The molecule has 24 heavy (non-hydrogen) atoms. The first-order valence-electron chi connectivity index (χ1n) is 7.98. The first-order valence-corrected chi connectivity index (χ1v) is 8.78. The number of nitrogens with one attached hydrogen (secondary N) is 1. The zero-order valence-corrected chi connectivity index (χ0v) is 14.8. The van der Waals surface area contributed by atoms with Crippen LogP contribution in [-0.2, 0) is 11.3 Å². The van der Waals surface area contributed by atoms with Gasteiger partial charge in [-0.2, -0.15) is 0 Å². The number of benzene rings is 1. The number of carbonyl (C=O) groups excluding carboxylic acids is 2. The monoisotopic (exact) mass is 390 g/mol. The molecule has 1 aliphatic heterocycles. The molecular weight excluding hydrogens is 372 g/mol. The quantitative estimate of drug-likeness (QED) is 0.871. The average molecular weight is 391 g/mol. The van der Waals surface area contributed by atoms with Gasteiger partial charge in [-0.05, 0) is 43.2 Å². The molecule has 0 aliphatic carbocycles. The van der Waals surface area contributed by atoms with Crippen LogP contribution in [0, 0.1) is 5.92 Å². The average Bonchev–Trinajstić information content (AvgIpc) is 3.13. The number of carbonyl (C=O) groups is 2. The Hall–Kier alpha value is -2.08. The van der Waals surface area contributed by atoms with Crippen LogP contribution in [0.15, 0.2) is 51.6 Å². The molecule has 0 bridgehead atoms. The number of piperidine rings is 1. The predicted octanol–water partition coefficient (Wildman–Crippen LogP) is 3.21. The Labute approximate surface area is 149 Å². The lowest BCUT2D eigenvalue weighted by atomic mass is 9.95. The number of nitrogens with zero attached hydrogens (tertiary/aromatic N) is 1. The minimum atomic E-state index is -0.0495.